The second-order valence-corrected chi connectivity index (χ2v) is 5.70. The van der Waals surface area contributed by atoms with Gasteiger partial charge in [-0.2, -0.15) is 0 Å². The lowest BCUT2D eigenvalue weighted by atomic mass is 10.1. The number of carbonyl (C=O) groups excluding carboxylic acids is 1. The van der Waals surface area contributed by atoms with Crippen LogP contribution in [0.15, 0.2) is 46.9 Å². The molecule has 2 rings (SSSR count). The predicted molar refractivity (Wildman–Crippen MR) is 80.7 cm³/mol. The van der Waals surface area contributed by atoms with Crippen LogP contribution in [-0.4, -0.2) is 17.9 Å². The van der Waals surface area contributed by atoms with Gasteiger partial charge in [-0.25, -0.2) is 8.78 Å². The van der Waals surface area contributed by atoms with E-state index in [2.05, 4.69) is 15.9 Å². The van der Waals surface area contributed by atoms with Crippen molar-refractivity contribution in [1.82, 2.24) is 4.90 Å². The first-order chi connectivity index (χ1) is 9.95. The van der Waals surface area contributed by atoms with Gasteiger partial charge in [-0.3, -0.25) is 4.79 Å². The van der Waals surface area contributed by atoms with Crippen LogP contribution in [0.2, 0.25) is 0 Å². The molecule has 0 fully saturated rings. The Morgan fingerprint density at radius 1 is 1.14 bits per heavy atom. The summed E-state index contributed by atoms with van der Waals surface area (Å²) in [6.07, 6.45) is 0.159. The molecular weight excluding hydrogens is 340 g/mol. The van der Waals surface area contributed by atoms with E-state index in [-0.39, 0.29) is 30.5 Å². The molecule has 0 saturated carbocycles. The Balaban J connectivity index is 2.02. The van der Waals surface area contributed by atoms with E-state index in [1.807, 2.05) is 0 Å². The Bertz CT molecular complexity index is 643. The fourth-order valence-corrected chi connectivity index (χ4v) is 2.33. The molecule has 0 N–H and O–H groups in total. The zero-order valence-corrected chi connectivity index (χ0v) is 13.0. The molecule has 5 heteroatoms. The highest BCUT2D eigenvalue weighted by Gasteiger charge is 2.13. The lowest BCUT2D eigenvalue weighted by molar-refractivity contribution is -0.129. The first kappa shape index (κ1) is 15.6. The smallest absolute Gasteiger partial charge is 0.227 e. The van der Waals surface area contributed by atoms with E-state index in [9.17, 15) is 13.6 Å². The molecule has 0 unspecified atom stereocenters. The average Bonchev–Trinajstić information content (AvgIpc) is 2.45. The van der Waals surface area contributed by atoms with Crippen LogP contribution in [0.25, 0.3) is 0 Å². The van der Waals surface area contributed by atoms with Crippen LogP contribution in [0.4, 0.5) is 8.78 Å². The van der Waals surface area contributed by atoms with Gasteiger partial charge in [-0.05, 0) is 35.9 Å². The summed E-state index contributed by atoms with van der Waals surface area (Å²) < 4.78 is 27.2. The van der Waals surface area contributed by atoms with Crippen LogP contribution < -0.4 is 0 Å². The molecule has 0 heterocycles. The molecule has 1 amide bonds. The molecular formula is C16H14BrF2NO. The van der Waals surface area contributed by atoms with E-state index in [0.29, 0.717) is 5.56 Å². The summed E-state index contributed by atoms with van der Waals surface area (Å²) in [5.41, 5.74) is 1.17. The van der Waals surface area contributed by atoms with Gasteiger partial charge in [-0.15, -0.1) is 0 Å². The molecule has 0 aromatic heterocycles. The minimum atomic E-state index is -0.348. The Hall–Kier alpha value is -1.75. The van der Waals surface area contributed by atoms with Gasteiger partial charge in [0.15, 0.2) is 0 Å². The Kier molecular flexibility index (Phi) is 5.07. The number of likely N-dealkylation sites (N-methyl/N-ethyl adjacent to an activating group) is 1. The van der Waals surface area contributed by atoms with Gasteiger partial charge in [0.2, 0.25) is 5.91 Å². The van der Waals surface area contributed by atoms with Crippen molar-refractivity contribution in [3.63, 3.8) is 0 Å². The average molecular weight is 354 g/mol. The molecule has 2 nitrogen and oxygen atoms in total. The lowest BCUT2D eigenvalue weighted by Crippen LogP contribution is -2.28. The predicted octanol–water partition coefficient (Wildman–Crippen LogP) is 3.93. The van der Waals surface area contributed by atoms with Gasteiger partial charge in [0.05, 0.1) is 6.42 Å². The van der Waals surface area contributed by atoms with Crippen molar-refractivity contribution in [2.24, 2.45) is 0 Å². The molecule has 21 heavy (non-hydrogen) atoms. The van der Waals surface area contributed by atoms with E-state index in [1.165, 1.54) is 23.1 Å². The Labute approximate surface area is 130 Å². The number of benzene rings is 2. The summed E-state index contributed by atoms with van der Waals surface area (Å²) in [5.74, 6) is -0.837. The zero-order chi connectivity index (χ0) is 15.4. The summed E-state index contributed by atoms with van der Waals surface area (Å²) >= 11 is 3.28. The molecule has 2 aromatic rings. The molecule has 0 aliphatic carbocycles. The van der Waals surface area contributed by atoms with Gasteiger partial charge >= 0.3 is 0 Å². The van der Waals surface area contributed by atoms with Gasteiger partial charge in [0, 0.05) is 23.6 Å². The molecule has 0 aliphatic rings. The molecule has 0 saturated heterocycles. The molecule has 0 atom stereocenters. The minimum Gasteiger partial charge on any atom is -0.341 e. The number of hydrogen-bond acceptors (Lipinski definition) is 1. The maximum absolute atomic E-state index is 13.7. The lowest BCUT2D eigenvalue weighted by Gasteiger charge is -2.18. The largest absolute Gasteiger partial charge is 0.341 e. The number of rotatable bonds is 4. The van der Waals surface area contributed by atoms with Crippen LogP contribution >= 0.6 is 15.9 Å². The van der Waals surface area contributed by atoms with E-state index in [1.54, 1.807) is 31.3 Å². The van der Waals surface area contributed by atoms with Gasteiger partial charge < -0.3 is 4.90 Å². The molecule has 0 radical (unpaired) electrons. The summed E-state index contributed by atoms with van der Waals surface area (Å²) in [7, 11) is 1.62. The Morgan fingerprint density at radius 3 is 2.48 bits per heavy atom. The number of nitrogens with zero attached hydrogens (tertiary/aromatic N) is 1. The fourth-order valence-electron chi connectivity index (χ4n) is 1.92. The van der Waals surface area contributed by atoms with E-state index < -0.39 is 0 Å². The molecule has 0 aliphatic heterocycles. The van der Waals surface area contributed by atoms with Crippen molar-refractivity contribution < 1.29 is 13.6 Å². The van der Waals surface area contributed by atoms with Crippen LogP contribution in [0, 0.1) is 11.6 Å². The summed E-state index contributed by atoms with van der Waals surface area (Å²) in [6.45, 7) is 0.186. The zero-order valence-electron chi connectivity index (χ0n) is 11.4. The number of halogens is 3. The van der Waals surface area contributed by atoms with Crippen molar-refractivity contribution in [3.8, 4) is 0 Å². The summed E-state index contributed by atoms with van der Waals surface area (Å²) in [4.78, 5) is 13.5. The van der Waals surface area contributed by atoms with Crippen LogP contribution in [0.3, 0.4) is 0 Å². The highest BCUT2D eigenvalue weighted by molar-refractivity contribution is 9.10. The van der Waals surface area contributed by atoms with Crippen molar-refractivity contribution in [3.05, 3.63) is 69.7 Å². The highest BCUT2D eigenvalue weighted by atomic mass is 79.9. The highest BCUT2D eigenvalue weighted by Crippen LogP contribution is 2.17. The number of carbonyl (C=O) groups is 1. The maximum atomic E-state index is 13.7. The SMILES string of the molecule is CN(Cc1cc(Br)ccc1F)C(=O)Cc1ccc(F)cc1. The van der Waals surface area contributed by atoms with Crippen LogP contribution in [-0.2, 0) is 17.8 Å². The normalized spacial score (nSPS) is 10.5. The van der Waals surface area contributed by atoms with Crippen molar-refractivity contribution in [2.75, 3.05) is 7.05 Å². The van der Waals surface area contributed by atoms with Gasteiger partial charge in [0.1, 0.15) is 11.6 Å². The number of hydrogen-bond donors (Lipinski definition) is 0. The Morgan fingerprint density at radius 2 is 1.81 bits per heavy atom. The second-order valence-electron chi connectivity index (χ2n) is 4.79. The van der Waals surface area contributed by atoms with Crippen LogP contribution in [0.1, 0.15) is 11.1 Å². The molecule has 0 spiro atoms. The van der Waals surface area contributed by atoms with Crippen molar-refractivity contribution >= 4 is 21.8 Å². The summed E-state index contributed by atoms with van der Waals surface area (Å²) in [5, 5.41) is 0. The van der Waals surface area contributed by atoms with Crippen molar-refractivity contribution in [2.45, 2.75) is 13.0 Å². The van der Waals surface area contributed by atoms with E-state index >= 15 is 0 Å². The minimum absolute atomic E-state index is 0.152. The van der Waals surface area contributed by atoms with Gasteiger partial charge in [0.25, 0.3) is 0 Å². The van der Waals surface area contributed by atoms with E-state index in [4.69, 9.17) is 0 Å². The number of amides is 1. The maximum Gasteiger partial charge on any atom is 0.227 e. The third kappa shape index (κ3) is 4.36. The van der Waals surface area contributed by atoms with Gasteiger partial charge in [-0.1, -0.05) is 28.1 Å². The standard InChI is InChI=1S/C16H14BrF2NO/c1-20(10-12-9-13(17)4-7-15(12)19)16(21)8-11-2-5-14(18)6-3-11/h2-7,9H,8,10H2,1H3. The first-order valence-corrected chi connectivity index (χ1v) is 7.17. The third-order valence-electron chi connectivity index (χ3n) is 3.11. The van der Waals surface area contributed by atoms with Crippen molar-refractivity contribution in [1.29, 1.82) is 0 Å². The van der Waals surface area contributed by atoms with Crippen LogP contribution in [0.5, 0.6) is 0 Å². The molecule has 0 bridgehead atoms. The third-order valence-corrected chi connectivity index (χ3v) is 3.60. The second kappa shape index (κ2) is 6.80. The summed E-state index contributed by atoms with van der Waals surface area (Å²) in [6, 6.07) is 10.4. The monoisotopic (exact) mass is 353 g/mol. The fraction of sp³-hybridized carbons (Fsp3) is 0.188. The quantitative estimate of drug-likeness (QED) is 0.815. The topological polar surface area (TPSA) is 20.3 Å². The molecule has 2 aromatic carbocycles. The first-order valence-electron chi connectivity index (χ1n) is 6.38. The molecule has 110 valence electrons. The van der Waals surface area contributed by atoms with E-state index in [0.717, 1.165) is 10.0 Å².